The summed E-state index contributed by atoms with van der Waals surface area (Å²) in [7, 11) is 0. The molecule has 1 aromatic carbocycles. The Hall–Kier alpha value is -0.640. The summed E-state index contributed by atoms with van der Waals surface area (Å²) in [6, 6.07) is 7.45. The van der Waals surface area contributed by atoms with E-state index in [0.29, 0.717) is 24.7 Å². The average molecular weight is 230 g/mol. The van der Waals surface area contributed by atoms with Crippen molar-refractivity contribution < 1.29 is 9.13 Å². The Balaban J connectivity index is 1.90. The van der Waals surface area contributed by atoms with Crippen molar-refractivity contribution in [2.45, 2.75) is 18.9 Å². The van der Waals surface area contributed by atoms with Crippen molar-refractivity contribution in [3.63, 3.8) is 0 Å². The Bertz CT molecular complexity index is 334. The second-order valence-corrected chi connectivity index (χ2v) is 4.02. The molecule has 0 bridgehead atoms. The molecule has 1 aliphatic rings. The number of hydrogen-bond donors (Lipinski definition) is 1. The van der Waals surface area contributed by atoms with Gasteiger partial charge in [-0.3, -0.25) is 0 Å². The quantitative estimate of drug-likeness (QED) is 0.858. The van der Waals surface area contributed by atoms with Gasteiger partial charge in [0.1, 0.15) is 12.3 Å². The molecule has 1 heterocycles. The minimum Gasteiger partial charge on any atom is -0.369 e. The van der Waals surface area contributed by atoms with E-state index < -0.39 is 6.17 Å². The lowest BCUT2D eigenvalue weighted by molar-refractivity contribution is 0.0140. The fourth-order valence-corrected chi connectivity index (χ4v) is 1.79. The molecule has 0 spiro atoms. The standard InChI is InChI=1S/C11H13ClFNO/c12-9-4-2-1-3-8(9)7-15-11-6-14-5-10(11)13/h1-4,10-11,14H,5-7H2. The topological polar surface area (TPSA) is 21.3 Å². The van der Waals surface area contributed by atoms with Crippen molar-refractivity contribution in [2.24, 2.45) is 0 Å². The highest BCUT2D eigenvalue weighted by atomic mass is 35.5. The molecule has 2 rings (SSSR count). The molecule has 1 aliphatic heterocycles. The smallest absolute Gasteiger partial charge is 0.140 e. The van der Waals surface area contributed by atoms with Crippen molar-refractivity contribution in [1.82, 2.24) is 5.32 Å². The molecular weight excluding hydrogens is 217 g/mol. The third kappa shape index (κ3) is 2.68. The summed E-state index contributed by atoms with van der Waals surface area (Å²) in [6.07, 6.45) is -1.26. The van der Waals surface area contributed by atoms with E-state index >= 15 is 0 Å². The van der Waals surface area contributed by atoms with E-state index in [9.17, 15) is 4.39 Å². The molecule has 2 nitrogen and oxygen atoms in total. The van der Waals surface area contributed by atoms with Crippen molar-refractivity contribution in [3.05, 3.63) is 34.9 Å². The minimum atomic E-state index is -0.910. The molecule has 1 fully saturated rings. The highest BCUT2D eigenvalue weighted by molar-refractivity contribution is 6.31. The zero-order valence-corrected chi connectivity index (χ0v) is 9.01. The van der Waals surface area contributed by atoms with Gasteiger partial charge in [-0.05, 0) is 11.6 Å². The molecular formula is C11H13ClFNO. The number of benzene rings is 1. The maximum absolute atomic E-state index is 13.2. The molecule has 0 amide bonds. The van der Waals surface area contributed by atoms with Gasteiger partial charge in [0.25, 0.3) is 0 Å². The van der Waals surface area contributed by atoms with Crippen LogP contribution in [0.1, 0.15) is 5.56 Å². The summed E-state index contributed by atoms with van der Waals surface area (Å²) in [5, 5.41) is 3.61. The van der Waals surface area contributed by atoms with Gasteiger partial charge < -0.3 is 10.1 Å². The summed E-state index contributed by atoms with van der Waals surface area (Å²) in [4.78, 5) is 0. The molecule has 0 aliphatic carbocycles. The third-order valence-corrected chi connectivity index (χ3v) is 2.87. The van der Waals surface area contributed by atoms with Crippen LogP contribution in [0.2, 0.25) is 5.02 Å². The monoisotopic (exact) mass is 229 g/mol. The van der Waals surface area contributed by atoms with Gasteiger partial charge in [0.15, 0.2) is 0 Å². The maximum atomic E-state index is 13.2. The van der Waals surface area contributed by atoms with Crippen LogP contribution >= 0.6 is 11.6 Å². The summed E-state index contributed by atoms with van der Waals surface area (Å²) in [6.45, 7) is 1.32. The van der Waals surface area contributed by atoms with Crippen LogP contribution in [-0.4, -0.2) is 25.4 Å². The van der Waals surface area contributed by atoms with Crippen LogP contribution in [0.5, 0.6) is 0 Å². The predicted molar refractivity (Wildman–Crippen MR) is 57.8 cm³/mol. The van der Waals surface area contributed by atoms with Crippen LogP contribution in [0.3, 0.4) is 0 Å². The molecule has 82 valence electrons. The Morgan fingerprint density at radius 3 is 2.87 bits per heavy atom. The molecule has 0 aromatic heterocycles. The number of ether oxygens (including phenoxy) is 1. The summed E-state index contributed by atoms with van der Waals surface area (Å²) < 4.78 is 18.6. The molecule has 1 aromatic rings. The van der Waals surface area contributed by atoms with Gasteiger partial charge in [-0.1, -0.05) is 29.8 Å². The first-order valence-corrected chi connectivity index (χ1v) is 5.35. The molecule has 2 unspecified atom stereocenters. The van der Waals surface area contributed by atoms with Crippen molar-refractivity contribution >= 4 is 11.6 Å². The Morgan fingerprint density at radius 2 is 2.20 bits per heavy atom. The highest BCUT2D eigenvalue weighted by Gasteiger charge is 2.27. The number of halogens is 2. The van der Waals surface area contributed by atoms with Gasteiger partial charge in [-0.2, -0.15) is 0 Å². The summed E-state index contributed by atoms with van der Waals surface area (Å²) in [5.41, 5.74) is 0.901. The third-order valence-electron chi connectivity index (χ3n) is 2.50. The Morgan fingerprint density at radius 1 is 1.40 bits per heavy atom. The first kappa shape index (κ1) is 10.9. The van der Waals surface area contributed by atoms with E-state index in [1.54, 1.807) is 6.07 Å². The Labute approximate surface area is 93.4 Å². The average Bonchev–Trinajstić information content (AvgIpc) is 2.63. The molecule has 15 heavy (non-hydrogen) atoms. The van der Waals surface area contributed by atoms with Crippen LogP contribution in [-0.2, 0) is 11.3 Å². The largest absolute Gasteiger partial charge is 0.369 e. The summed E-state index contributed by atoms with van der Waals surface area (Å²) >= 11 is 5.96. The van der Waals surface area contributed by atoms with Gasteiger partial charge in [0, 0.05) is 18.1 Å². The van der Waals surface area contributed by atoms with Crippen molar-refractivity contribution in [2.75, 3.05) is 13.1 Å². The molecule has 2 atom stereocenters. The van der Waals surface area contributed by atoms with E-state index in [0.717, 1.165) is 5.56 Å². The van der Waals surface area contributed by atoms with Crippen LogP contribution < -0.4 is 5.32 Å². The fraction of sp³-hybridized carbons (Fsp3) is 0.455. The van der Waals surface area contributed by atoms with E-state index in [-0.39, 0.29) is 6.10 Å². The Kier molecular flexibility index (Phi) is 3.57. The molecule has 1 N–H and O–H groups in total. The second-order valence-electron chi connectivity index (χ2n) is 3.62. The zero-order chi connectivity index (χ0) is 10.7. The van der Waals surface area contributed by atoms with Gasteiger partial charge in [-0.25, -0.2) is 4.39 Å². The van der Waals surface area contributed by atoms with E-state index in [2.05, 4.69) is 5.32 Å². The maximum Gasteiger partial charge on any atom is 0.140 e. The molecule has 0 radical (unpaired) electrons. The first-order valence-electron chi connectivity index (χ1n) is 4.97. The molecule has 0 saturated carbocycles. The lowest BCUT2D eigenvalue weighted by Gasteiger charge is -2.13. The fourth-order valence-electron chi connectivity index (χ4n) is 1.60. The van der Waals surface area contributed by atoms with Crippen LogP contribution in [0.4, 0.5) is 4.39 Å². The van der Waals surface area contributed by atoms with E-state index in [1.165, 1.54) is 0 Å². The van der Waals surface area contributed by atoms with Gasteiger partial charge in [0.05, 0.1) is 6.61 Å². The van der Waals surface area contributed by atoms with Crippen molar-refractivity contribution in [1.29, 1.82) is 0 Å². The van der Waals surface area contributed by atoms with Gasteiger partial charge >= 0.3 is 0 Å². The molecule has 4 heteroatoms. The number of alkyl halides is 1. The minimum absolute atomic E-state index is 0.346. The van der Waals surface area contributed by atoms with E-state index in [4.69, 9.17) is 16.3 Å². The lowest BCUT2D eigenvalue weighted by Crippen LogP contribution is -2.23. The SMILES string of the molecule is FC1CNCC1OCc1ccccc1Cl. The zero-order valence-electron chi connectivity index (χ0n) is 8.25. The number of rotatable bonds is 3. The second kappa shape index (κ2) is 4.92. The number of hydrogen-bond acceptors (Lipinski definition) is 2. The number of nitrogens with one attached hydrogen (secondary N) is 1. The first-order chi connectivity index (χ1) is 7.27. The summed E-state index contributed by atoms with van der Waals surface area (Å²) in [5.74, 6) is 0. The van der Waals surface area contributed by atoms with Crippen LogP contribution in [0, 0.1) is 0 Å². The highest BCUT2D eigenvalue weighted by Crippen LogP contribution is 2.18. The van der Waals surface area contributed by atoms with E-state index in [1.807, 2.05) is 18.2 Å². The van der Waals surface area contributed by atoms with Gasteiger partial charge in [-0.15, -0.1) is 0 Å². The van der Waals surface area contributed by atoms with Crippen LogP contribution in [0.15, 0.2) is 24.3 Å². The lowest BCUT2D eigenvalue weighted by atomic mass is 10.2. The van der Waals surface area contributed by atoms with Crippen molar-refractivity contribution in [3.8, 4) is 0 Å². The molecule has 1 saturated heterocycles. The predicted octanol–water partition coefficient (Wildman–Crippen LogP) is 2.17. The normalized spacial score (nSPS) is 25.7. The van der Waals surface area contributed by atoms with Crippen LogP contribution in [0.25, 0.3) is 0 Å². The van der Waals surface area contributed by atoms with Gasteiger partial charge in [0.2, 0.25) is 0 Å².